The van der Waals surface area contributed by atoms with E-state index < -0.39 is 5.91 Å². The van der Waals surface area contributed by atoms with Gasteiger partial charge in [0.2, 0.25) is 0 Å². The lowest BCUT2D eigenvalue weighted by molar-refractivity contribution is -0.112. The van der Waals surface area contributed by atoms with E-state index in [1.54, 1.807) is 6.08 Å². The van der Waals surface area contributed by atoms with E-state index in [9.17, 15) is 10.1 Å². The first-order chi connectivity index (χ1) is 12.6. The summed E-state index contributed by atoms with van der Waals surface area (Å²) in [5.74, 6) is -0.410. The summed E-state index contributed by atoms with van der Waals surface area (Å²) in [6.45, 7) is 3.90. The fraction of sp³-hybridized carbons (Fsp3) is 0.0909. The Labute approximate surface area is 153 Å². The molecule has 1 amide bonds. The summed E-state index contributed by atoms with van der Waals surface area (Å²) in [5, 5.41) is 12.2. The summed E-state index contributed by atoms with van der Waals surface area (Å²) in [6.07, 6.45) is 3.53. The Kier molecular flexibility index (Phi) is 5.00. The number of amides is 1. The van der Waals surface area contributed by atoms with Crippen molar-refractivity contribution < 1.29 is 4.79 Å². The van der Waals surface area contributed by atoms with Gasteiger partial charge in [-0.15, -0.1) is 0 Å². The summed E-state index contributed by atoms with van der Waals surface area (Å²) in [6, 6.07) is 21.4. The molecule has 1 aromatic heterocycles. The number of anilines is 1. The van der Waals surface area contributed by atoms with Crippen LogP contribution in [-0.4, -0.2) is 10.5 Å². The first-order valence-electron chi connectivity index (χ1n) is 8.31. The maximum Gasteiger partial charge on any atom is 0.266 e. The molecule has 0 aliphatic rings. The third kappa shape index (κ3) is 3.73. The summed E-state index contributed by atoms with van der Waals surface area (Å²) >= 11 is 0. The quantitative estimate of drug-likeness (QED) is 0.555. The molecule has 128 valence electrons. The van der Waals surface area contributed by atoms with Gasteiger partial charge in [-0.3, -0.25) is 4.79 Å². The molecule has 1 heterocycles. The standard InChI is InChI=1S/C22H19N3O/c1-16-8-6-7-11-21(16)24-22(26)19(14-23)13-18-12-17(2)25(15-18)20-9-4-3-5-10-20/h3-13,15H,1-2H3,(H,24,26)/b19-13+. The highest BCUT2D eigenvalue weighted by atomic mass is 16.1. The largest absolute Gasteiger partial charge is 0.321 e. The number of carbonyl (C=O) groups is 1. The second-order valence-electron chi connectivity index (χ2n) is 6.06. The molecular formula is C22H19N3O. The van der Waals surface area contributed by atoms with Gasteiger partial charge in [0, 0.05) is 23.3 Å². The first kappa shape index (κ1) is 17.2. The molecule has 0 saturated heterocycles. The topological polar surface area (TPSA) is 57.8 Å². The Hall–Kier alpha value is -3.58. The summed E-state index contributed by atoms with van der Waals surface area (Å²) in [7, 11) is 0. The number of aromatic nitrogens is 1. The van der Waals surface area contributed by atoms with Gasteiger partial charge in [-0.25, -0.2) is 0 Å². The molecule has 3 rings (SSSR count). The van der Waals surface area contributed by atoms with Crippen LogP contribution in [0.1, 0.15) is 16.8 Å². The Morgan fingerprint density at radius 1 is 1.08 bits per heavy atom. The zero-order chi connectivity index (χ0) is 18.5. The molecule has 0 aliphatic heterocycles. The molecule has 0 bridgehead atoms. The van der Waals surface area contributed by atoms with Gasteiger partial charge in [0.25, 0.3) is 5.91 Å². The van der Waals surface area contributed by atoms with Gasteiger partial charge < -0.3 is 9.88 Å². The van der Waals surface area contributed by atoms with Crippen LogP contribution in [0.5, 0.6) is 0 Å². The summed E-state index contributed by atoms with van der Waals surface area (Å²) < 4.78 is 2.03. The maximum absolute atomic E-state index is 12.5. The lowest BCUT2D eigenvalue weighted by atomic mass is 10.1. The molecule has 0 saturated carbocycles. The van der Waals surface area contributed by atoms with Crippen molar-refractivity contribution in [2.75, 3.05) is 5.32 Å². The van der Waals surface area contributed by atoms with Crippen molar-refractivity contribution in [3.63, 3.8) is 0 Å². The average Bonchev–Trinajstić information content (AvgIpc) is 3.02. The van der Waals surface area contributed by atoms with E-state index in [-0.39, 0.29) is 5.57 Å². The molecule has 0 radical (unpaired) electrons. The molecule has 4 nitrogen and oxygen atoms in total. The molecule has 1 N–H and O–H groups in total. The zero-order valence-electron chi connectivity index (χ0n) is 14.7. The fourth-order valence-electron chi connectivity index (χ4n) is 2.76. The third-order valence-electron chi connectivity index (χ3n) is 4.14. The van der Waals surface area contributed by atoms with Gasteiger partial charge in [-0.1, -0.05) is 36.4 Å². The average molecular weight is 341 g/mol. The maximum atomic E-state index is 12.5. The van der Waals surface area contributed by atoms with E-state index >= 15 is 0 Å². The monoisotopic (exact) mass is 341 g/mol. The number of aryl methyl sites for hydroxylation is 2. The fourth-order valence-corrected chi connectivity index (χ4v) is 2.76. The van der Waals surface area contributed by atoms with Crippen molar-refractivity contribution in [3.05, 3.63) is 89.3 Å². The molecule has 3 aromatic rings. The van der Waals surface area contributed by atoms with Crippen LogP contribution in [0.4, 0.5) is 5.69 Å². The predicted molar refractivity (Wildman–Crippen MR) is 104 cm³/mol. The number of rotatable bonds is 4. The van der Waals surface area contributed by atoms with Crippen LogP contribution < -0.4 is 5.32 Å². The van der Waals surface area contributed by atoms with Crippen molar-refractivity contribution in [2.24, 2.45) is 0 Å². The number of para-hydroxylation sites is 2. The molecule has 2 aromatic carbocycles. The second kappa shape index (κ2) is 7.54. The summed E-state index contributed by atoms with van der Waals surface area (Å²) in [4.78, 5) is 12.5. The smallest absolute Gasteiger partial charge is 0.266 e. The van der Waals surface area contributed by atoms with Gasteiger partial charge >= 0.3 is 0 Å². The summed E-state index contributed by atoms with van der Waals surface area (Å²) in [5.41, 5.74) is 4.59. The third-order valence-corrected chi connectivity index (χ3v) is 4.14. The molecule has 26 heavy (non-hydrogen) atoms. The highest BCUT2D eigenvalue weighted by molar-refractivity contribution is 6.09. The SMILES string of the molecule is Cc1ccccc1NC(=O)/C(C#N)=C/c1cc(C)n(-c2ccccc2)c1. The minimum Gasteiger partial charge on any atom is -0.321 e. The Morgan fingerprint density at radius 2 is 1.77 bits per heavy atom. The van der Waals surface area contributed by atoms with E-state index in [2.05, 4.69) is 5.32 Å². The van der Waals surface area contributed by atoms with Gasteiger partial charge in [0.15, 0.2) is 0 Å². The molecule has 0 atom stereocenters. The number of benzene rings is 2. The minimum atomic E-state index is -0.410. The van der Waals surface area contributed by atoms with Crippen LogP contribution in [0.3, 0.4) is 0 Å². The molecular weight excluding hydrogens is 322 g/mol. The Balaban J connectivity index is 1.87. The van der Waals surface area contributed by atoms with Gasteiger partial charge in [-0.05, 0) is 55.3 Å². The number of hydrogen-bond donors (Lipinski definition) is 1. The normalized spacial score (nSPS) is 11.0. The van der Waals surface area contributed by atoms with Crippen LogP contribution >= 0.6 is 0 Å². The van der Waals surface area contributed by atoms with Gasteiger partial charge in [0.05, 0.1) is 0 Å². The molecule has 0 aliphatic carbocycles. The lowest BCUT2D eigenvalue weighted by Gasteiger charge is -2.07. The highest BCUT2D eigenvalue weighted by Crippen LogP contribution is 2.19. The first-order valence-corrected chi connectivity index (χ1v) is 8.31. The number of carbonyl (C=O) groups excluding carboxylic acids is 1. The van der Waals surface area contributed by atoms with Crippen molar-refractivity contribution in [1.82, 2.24) is 4.57 Å². The van der Waals surface area contributed by atoms with Gasteiger partial charge in [-0.2, -0.15) is 5.26 Å². The Morgan fingerprint density at radius 3 is 2.46 bits per heavy atom. The van der Waals surface area contributed by atoms with Crippen LogP contribution in [0.2, 0.25) is 0 Å². The number of nitrogens with zero attached hydrogens (tertiary/aromatic N) is 2. The molecule has 0 spiro atoms. The van der Waals surface area contributed by atoms with E-state index in [0.717, 1.165) is 22.5 Å². The Bertz CT molecular complexity index is 1010. The van der Waals surface area contributed by atoms with Crippen LogP contribution in [-0.2, 0) is 4.79 Å². The minimum absolute atomic E-state index is 0.0680. The van der Waals surface area contributed by atoms with Crippen LogP contribution in [0.25, 0.3) is 11.8 Å². The van der Waals surface area contributed by atoms with E-state index in [0.29, 0.717) is 5.69 Å². The number of nitriles is 1. The van der Waals surface area contributed by atoms with Crippen LogP contribution in [0.15, 0.2) is 72.4 Å². The van der Waals surface area contributed by atoms with Crippen molar-refractivity contribution in [1.29, 1.82) is 5.26 Å². The van der Waals surface area contributed by atoms with Crippen molar-refractivity contribution in [3.8, 4) is 11.8 Å². The van der Waals surface area contributed by atoms with E-state index in [1.165, 1.54) is 0 Å². The molecule has 4 heteroatoms. The highest BCUT2D eigenvalue weighted by Gasteiger charge is 2.12. The van der Waals surface area contributed by atoms with Crippen LogP contribution in [0, 0.1) is 25.2 Å². The number of hydrogen-bond acceptors (Lipinski definition) is 2. The van der Waals surface area contributed by atoms with E-state index in [4.69, 9.17) is 0 Å². The van der Waals surface area contributed by atoms with Gasteiger partial charge in [0.1, 0.15) is 11.6 Å². The molecule has 0 fully saturated rings. The molecule has 0 unspecified atom stereocenters. The van der Waals surface area contributed by atoms with E-state index in [1.807, 2.05) is 91.3 Å². The number of nitrogens with one attached hydrogen (secondary N) is 1. The van der Waals surface area contributed by atoms with Crippen molar-refractivity contribution >= 4 is 17.7 Å². The zero-order valence-corrected chi connectivity index (χ0v) is 14.7. The lowest BCUT2D eigenvalue weighted by Crippen LogP contribution is -2.14. The predicted octanol–water partition coefficient (Wildman–Crippen LogP) is 4.64. The second-order valence-corrected chi connectivity index (χ2v) is 6.06. The van der Waals surface area contributed by atoms with Crippen molar-refractivity contribution in [2.45, 2.75) is 13.8 Å².